The van der Waals surface area contributed by atoms with Crippen LogP contribution < -0.4 is 0 Å². The number of carboxylic acid groups (broad SMARTS) is 1. The Kier molecular flexibility index (Phi) is 69.3. The molecule has 3 N–H and O–H groups in total. The number of hydrogen-bond donors (Lipinski definition) is 3. The molecule has 0 aromatic carbocycles. The van der Waals surface area contributed by atoms with Crippen molar-refractivity contribution in [3.05, 3.63) is 66.9 Å². The van der Waals surface area contributed by atoms with Gasteiger partial charge in [0.2, 0.25) is 0 Å². The van der Waals surface area contributed by atoms with Crippen LogP contribution in [0.2, 0.25) is 18.1 Å². The number of ether oxygens (including phenoxy) is 8. The van der Waals surface area contributed by atoms with E-state index in [1.165, 1.54) is 93.8 Å². The Hall–Kier alpha value is -2.29. The molecule has 471 valence electrons. The fraction of sp³-hybridized carbons (Fsp3) is 0.754. The van der Waals surface area contributed by atoms with Crippen molar-refractivity contribution in [3.8, 4) is 0 Å². The number of epoxide rings is 4. The first kappa shape index (κ1) is 84.2. The van der Waals surface area contributed by atoms with Crippen LogP contribution in [0.3, 0.4) is 0 Å². The summed E-state index contributed by atoms with van der Waals surface area (Å²) in [5, 5.41) is 25.2. The summed E-state index contributed by atoms with van der Waals surface area (Å²) < 4.78 is 56.0. The number of hydrogen-bond acceptors (Lipinski definition) is 17. The Morgan fingerprint density at radius 3 is 1.45 bits per heavy atom. The first-order valence-corrected chi connectivity index (χ1v) is 35.0. The molecule has 4 saturated heterocycles. The van der Waals surface area contributed by atoms with Crippen molar-refractivity contribution in [1.82, 2.24) is 4.98 Å². The quantitative estimate of drug-likeness (QED) is 0.0124. The Labute approximate surface area is 505 Å². The maximum Gasteiger partial charge on any atom is 0.484 e. The molecule has 4 aliphatic heterocycles. The maximum absolute atomic E-state index is 10.0. The van der Waals surface area contributed by atoms with E-state index in [1.807, 2.05) is 52.8 Å². The summed E-state index contributed by atoms with van der Waals surface area (Å²) in [4.78, 5) is 22.7. The van der Waals surface area contributed by atoms with Crippen molar-refractivity contribution in [1.29, 1.82) is 0 Å². The largest absolute Gasteiger partial charge is 0.499 e. The van der Waals surface area contributed by atoms with Gasteiger partial charge < -0.3 is 66.5 Å². The topological polar surface area (TPSA) is 230 Å². The molecule has 80 heavy (non-hydrogen) atoms. The van der Waals surface area contributed by atoms with Crippen LogP contribution in [0, 0.1) is 0 Å². The minimum absolute atomic E-state index is 0. The number of aliphatic hydroxyl groups is 2. The molecule has 0 saturated carbocycles. The van der Waals surface area contributed by atoms with Gasteiger partial charge in [-0.3, -0.25) is 14.8 Å². The van der Waals surface area contributed by atoms with E-state index in [4.69, 9.17) is 66.5 Å². The molecule has 1 radical (unpaired) electrons. The van der Waals surface area contributed by atoms with Crippen LogP contribution in [0.4, 0.5) is 0 Å². The van der Waals surface area contributed by atoms with Crippen molar-refractivity contribution in [2.45, 2.75) is 181 Å². The zero-order valence-corrected chi connectivity index (χ0v) is 59.9. The number of pyridine rings is 1. The SMILES string of the molecule is C=CCOCC1CO1.CCCCCCCC(=O)O.CCCCCCCC(O)O.CCO[SiH](OCC)OCC.CN=C(C)c1cccc(C(C)=NC)n1.[Co].[SiH3]C/C=C/OCC1CO1.[SiH3]C/C=C\OCC1CO1.[SiH3]CCCOCC1CO1. The van der Waals surface area contributed by atoms with Gasteiger partial charge in [0.1, 0.15) is 37.6 Å². The average Bonchev–Trinajstić information content (AvgIpc) is 4.18. The number of allylic oxidation sites excluding steroid dienone is 2. The number of aliphatic hydroxyl groups excluding tert-OH is 1. The van der Waals surface area contributed by atoms with Crippen LogP contribution in [0.1, 0.15) is 143 Å². The molecule has 0 bridgehead atoms. The standard InChI is InChI=1S/C11H15N3.C8H18O2.C8H16O2.C6H16O3Si.C6H14O2Si.2C6H12O2Si.C6H10O2.Co/c1-8(12-3)10-6-5-7-11(14-10)9(2)13-4;2*1-2-3-4-5-6-7-8(9)10;1-4-7-10(8-5-2)9-6-3;3*9-3-1-2-7-4-6-5-8-6;1-2-3-7-4-6-5-8-6;/h5-7H,1-4H3;8-10H,2-7H2,1H3;2-7H2,1H3,(H,9,10);10H,4-6H2,1-3H3;6H,1-5H2,9H3;2*1-2,6H,3-5H2,9H3;2,6H,1,3-5H2;/b;;;;;2-1+;2-1-;;. The predicted molar refractivity (Wildman–Crippen MR) is 335 cm³/mol. The van der Waals surface area contributed by atoms with Crippen molar-refractivity contribution < 1.29 is 88.1 Å². The summed E-state index contributed by atoms with van der Waals surface area (Å²) >= 11 is 0. The number of unbranched alkanes of at least 4 members (excludes halogenated alkanes) is 8. The summed E-state index contributed by atoms with van der Waals surface area (Å²) in [6.45, 7) is 27.7. The zero-order chi connectivity index (χ0) is 59.4. The van der Waals surface area contributed by atoms with E-state index in [2.05, 4.69) is 47.5 Å². The van der Waals surface area contributed by atoms with Gasteiger partial charge in [-0.05, 0) is 84.5 Å². The third-order valence-electron chi connectivity index (χ3n) is 10.6. The van der Waals surface area contributed by atoms with E-state index in [0.717, 1.165) is 108 Å². The number of carboxylic acids is 1. The van der Waals surface area contributed by atoms with E-state index in [-0.39, 0.29) is 16.8 Å². The van der Waals surface area contributed by atoms with Crippen LogP contribution >= 0.6 is 0 Å². The Bertz CT molecular complexity index is 1540. The van der Waals surface area contributed by atoms with Crippen molar-refractivity contribution in [3.63, 3.8) is 0 Å². The molecular weight excluding hydrogens is 1140 g/mol. The minimum atomic E-state index is -1.73. The smallest absolute Gasteiger partial charge is 0.484 e. The van der Waals surface area contributed by atoms with Gasteiger partial charge in [-0.15, -0.1) is 6.58 Å². The minimum Gasteiger partial charge on any atom is -0.499 e. The molecular formula is C57H113CoN3O15Si4. The van der Waals surface area contributed by atoms with Gasteiger partial charge in [0.25, 0.3) is 0 Å². The van der Waals surface area contributed by atoms with Gasteiger partial charge in [-0.25, -0.2) is 4.98 Å². The van der Waals surface area contributed by atoms with Crippen LogP contribution in [0.25, 0.3) is 0 Å². The maximum atomic E-state index is 10.0. The molecule has 1 aromatic rings. The Morgan fingerprint density at radius 2 is 1.10 bits per heavy atom. The molecule has 5 rings (SSSR count). The number of carbonyl (C=O) groups is 1. The van der Waals surface area contributed by atoms with Crippen LogP contribution in [0.5, 0.6) is 0 Å². The van der Waals surface area contributed by atoms with E-state index >= 15 is 0 Å². The van der Waals surface area contributed by atoms with Crippen molar-refractivity contribution in [2.75, 3.05) is 100.0 Å². The number of rotatable bonds is 37. The van der Waals surface area contributed by atoms with Crippen LogP contribution in [-0.4, -0.2) is 209 Å². The first-order chi connectivity index (χ1) is 38.3. The second-order valence-corrected chi connectivity index (χ2v) is 22.4. The normalized spacial score (nSPS) is 17.2. The molecule has 4 aliphatic rings. The molecule has 23 heteroatoms. The molecule has 1 aromatic heterocycles. The molecule has 4 atom stereocenters. The van der Waals surface area contributed by atoms with E-state index in [1.54, 1.807) is 32.7 Å². The summed E-state index contributed by atoms with van der Waals surface area (Å²) in [5.41, 5.74) is 3.70. The fourth-order valence-corrected chi connectivity index (χ4v) is 7.26. The average molecular weight is 1250 g/mol. The van der Waals surface area contributed by atoms with E-state index in [9.17, 15) is 4.79 Å². The third-order valence-corrected chi connectivity index (χ3v) is 14.1. The van der Waals surface area contributed by atoms with Crippen LogP contribution in [0.15, 0.2) is 65.5 Å². The second-order valence-electron chi connectivity index (χ2n) is 18.2. The molecule has 0 amide bonds. The number of aliphatic carboxylic acids is 1. The fourth-order valence-electron chi connectivity index (χ4n) is 5.49. The monoisotopic (exact) mass is 1250 g/mol. The molecule has 18 nitrogen and oxygen atoms in total. The van der Waals surface area contributed by atoms with Gasteiger partial charge >= 0.3 is 15.5 Å². The molecule has 4 unspecified atom stereocenters. The van der Waals surface area contributed by atoms with Crippen molar-refractivity contribution in [2.24, 2.45) is 9.98 Å². The van der Waals surface area contributed by atoms with Gasteiger partial charge in [-0.2, -0.15) is 0 Å². The number of aliphatic imine (C=N–C) groups is 2. The Balaban J connectivity index is -0.000000414. The zero-order valence-electron chi connectivity index (χ0n) is 51.7. The Morgan fingerprint density at radius 1 is 0.688 bits per heavy atom. The third kappa shape index (κ3) is 70.0. The van der Waals surface area contributed by atoms with E-state index in [0.29, 0.717) is 63.7 Å². The number of nitrogens with zero attached hydrogens (tertiary/aromatic N) is 3. The summed E-state index contributed by atoms with van der Waals surface area (Å²) in [6.07, 6.45) is 23.4. The molecule has 5 heterocycles. The van der Waals surface area contributed by atoms with E-state index < -0.39 is 21.8 Å². The predicted octanol–water partition coefficient (Wildman–Crippen LogP) is 6.42. The van der Waals surface area contributed by atoms with Crippen LogP contribution in [-0.2, 0) is 72.7 Å². The second kappa shape index (κ2) is 65.9. The van der Waals surface area contributed by atoms with Gasteiger partial charge in [0.05, 0.1) is 81.6 Å². The molecule has 0 spiro atoms. The summed E-state index contributed by atoms with van der Waals surface area (Å²) in [7, 11) is 5.55. The van der Waals surface area contributed by atoms with Gasteiger partial charge in [-0.1, -0.05) is 95.6 Å². The number of aromatic nitrogens is 1. The molecule has 4 fully saturated rings. The first-order valence-electron chi connectivity index (χ1n) is 29.3. The summed E-state index contributed by atoms with van der Waals surface area (Å²) in [5.74, 6) is -0.670. The molecule has 0 aliphatic carbocycles. The summed E-state index contributed by atoms with van der Waals surface area (Å²) in [6, 6.07) is 9.58. The van der Waals surface area contributed by atoms with Crippen molar-refractivity contribution >= 4 is 57.6 Å². The van der Waals surface area contributed by atoms with Gasteiger partial charge in [0, 0.05) is 94.4 Å². The van der Waals surface area contributed by atoms with Gasteiger partial charge in [0.15, 0.2) is 6.29 Å².